The van der Waals surface area contributed by atoms with Gasteiger partial charge >= 0.3 is 0 Å². The van der Waals surface area contributed by atoms with Gasteiger partial charge in [-0.25, -0.2) is 0 Å². The van der Waals surface area contributed by atoms with Crippen LogP contribution in [0.15, 0.2) is 6.20 Å². The van der Waals surface area contributed by atoms with E-state index < -0.39 is 0 Å². The van der Waals surface area contributed by atoms with Crippen LogP contribution >= 0.6 is 0 Å². The molecule has 2 heterocycles. The third-order valence-corrected chi connectivity index (χ3v) is 4.42. The minimum Gasteiger partial charge on any atom is -0.342 e. The van der Waals surface area contributed by atoms with E-state index in [-0.39, 0.29) is 5.91 Å². The van der Waals surface area contributed by atoms with Crippen molar-refractivity contribution in [3.05, 3.63) is 11.9 Å². The van der Waals surface area contributed by atoms with Gasteiger partial charge in [0.15, 0.2) is 0 Å². The zero-order chi connectivity index (χ0) is 13.9. The Morgan fingerprint density at radius 2 is 2.20 bits per heavy atom. The van der Waals surface area contributed by atoms with Crippen molar-refractivity contribution in [3.63, 3.8) is 0 Å². The van der Waals surface area contributed by atoms with Crippen LogP contribution in [0.3, 0.4) is 0 Å². The fourth-order valence-electron chi connectivity index (χ4n) is 3.06. The van der Waals surface area contributed by atoms with Crippen molar-refractivity contribution >= 4 is 5.91 Å². The number of aromatic nitrogens is 3. The minimum atomic E-state index is 0.286. The summed E-state index contributed by atoms with van der Waals surface area (Å²) in [6.07, 6.45) is 8.78. The van der Waals surface area contributed by atoms with Crippen molar-refractivity contribution in [3.8, 4) is 0 Å². The molecule has 0 radical (unpaired) electrons. The van der Waals surface area contributed by atoms with Crippen LogP contribution in [0.25, 0.3) is 0 Å². The topological polar surface area (TPSA) is 51.0 Å². The number of hydrogen-bond donors (Lipinski definition) is 0. The molecule has 3 rings (SSSR count). The zero-order valence-electron chi connectivity index (χ0n) is 12.3. The minimum absolute atomic E-state index is 0.286. The van der Waals surface area contributed by atoms with Crippen LogP contribution in [0.2, 0.25) is 0 Å². The first-order valence-electron chi connectivity index (χ1n) is 7.94. The van der Waals surface area contributed by atoms with E-state index in [4.69, 9.17) is 0 Å². The maximum absolute atomic E-state index is 11.9. The van der Waals surface area contributed by atoms with Gasteiger partial charge in [0.2, 0.25) is 5.91 Å². The number of carbonyl (C=O) groups is 1. The second-order valence-corrected chi connectivity index (χ2v) is 6.19. The van der Waals surface area contributed by atoms with E-state index in [9.17, 15) is 4.79 Å². The lowest BCUT2D eigenvalue weighted by Gasteiger charge is -2.24. The van der Waals surface area contributed by atoms with E-state index in [1.165, 1.54) is 25.7 Å². The highest BCUT2D eigenvalue weighted by Crippen LogP contribution is 2.38. The molecule has 5 heteroatoms. The number of likely N-dealkylation sites (tertiary alicyclic amines) is 1. The summed E-state index contributed by atoms with van der Waals surface area (Å²) in [5.41, 5.74) is 1.15. The quantitative estimate of drug-likeness (QED) is 0.847. The normalized spacial score (nSPS) is 23.6. The highest BCUT2D eigenvalue weighted by Gasteiger charge is 2.27. The summed E-state index contributed by atoms with van der Waals surface area (Å²) < 4.78 is 1.98. The molecule has 2 fully saturated rings. The lowest BCUT2D eigenvalue weighted by Crippen LogP contribution is -2.35. The fraction of sp³-hybridized carbons (Fsp3) is 0.800. The summed E-state index contributed by atoms with van der Waals surface area (Å²) in [4.78, 5) is 13.9. The van der Waals surface area contributed by atoms with Gasteiger partial charge < -0.3 is 4.90 Å². The van der Waals surface area contributed by atoms with Crippen LogP contribution in [0, 0.1) is 5.92 Å². The summed E-state index contributed by atoms with van der Waals surface area (Å²) >= 11 is 0. The van der Waals surface area contributed by atoms with Gasteiger partial charge in [0, 0.05) is 38.2 Å². The van der Waals surface area contributed by atoms with Crippen molar-refractivity contribution in [2.45, 2.75) is 57.9 Å². The van der Waals surface area contributed by atoms with E-state index in [1.54, 1.807) is 0 Å². The van der Waals surface area contributed by atoms with Crippen molar-refractivity contribution in [2.75, 3.05) is 13.1 Å². The molecular weight excluding hydrogens is 252 g/mol. The molecule has 0 N–H and O–H groups in total. The second kappa shape index (κ2) is 5.94. The maximum Gasteiger partial charge on any atom is 0.222 e. The molecule has 1 unspecified atom stereocenters. The van der Waals surface area contributed by atoms with Gasteiger partial charge in [-0.05, 0) is 31.6 Å². The summed E-state index contributed by atoms with van der Waals surface area (Å²) in [6.45, 7) is 4.65. The summed E-state index contributed by atoms with van der Waals surface area (Å²) in [5.74, 6) is 1.46. The molecule has 110 valence electrons. The molecule has 0 aromatic carbocycles. The molecule has 1 aromatic heterocycles. The third kappa shape index (κ3) is 3.19. The monoisotopic (exact) mass is 276 g/mol. The van der Waals surface area contributed by atoms with Crippen molar-refractivity contribution in [2.24, 2.45) is 5.92 Å². The molecule has 1 saturated heterocycles. The van der Waals surface area contributed by atoms with Crippen molar-refractivity contribution in [1.82, 2.24) is 19.9 Å². The smallest absolute Gasteiger partial charge is 0.222 e. The average Bonchev–Trinajstić information content (AvgIpc) is 3.24. The van der Waals surface area contributed by atoms with Crippen LogP contribution in [0.5, 0.6) is 0 Å². The molecule has 1 atom stereocenters. The molecular formula is C15H24N4O. The Balaban J connectivity index is 1.60. The summed E-state index contributed by atoms with van der Waals surface area (Å²) in [7, 11) is 0. The zero-order valence-corrected chi connectivity index (χ0v) is 12.3. The van der Waals surface area contributed by atoms with E-state index in [1.807, 2.05) is 16.5 Å². The van der Waals surface area contributed by atoms with Crippen LogP contribution in [0.1, 0.15) is 57.1 Å². The van der Waals surface area contributed by atoms with Gasteiger partial charge in [-0.1, -0.05) is 18.6 Å². The summed E-state index contributed by atoms with van der Waals surface area (Å²) in [5, 5.41) is 8.53. The fourth-order valence-corrected chi connectivity index (χ4v) is 3.06. The SMILES string of the molecule is CCC(=O)N1CCCCC(Cn2cc(C3CC3)nn2)C1. The molecule has 1 saturated carbocycles. The maximum atomic E-state index is 11.9. The molecule has 0 spiro atoms. The predicted octanol–water partition coefficient (Wildman–Crippen LogP) is 2.19. The van der Waals surface area contributed by atoms with Crippen LogP contribution in [-0.4, -0.2) is 38.9 Å². The molecule has 1 aliphatic carbocycles. The molecule has 1 aromatic rings. The Labute approximate surface area is 120 Å². The number of amides is 1. The lowest BCUT2D eigenvalue weighted by atomic mass is 10.0. The highest BCUT2D eigenvalue weighted by atomic mass is 16.2. The first-order valence-corrected chi connectivity index (χ1v) is 7.94. The Hall–Kier alpha value is -1.39. The van der Waals surface area contributed by atoms with Crippen LogP contribution in [0.4, 0.5) is 0 Å². The van der Waals surface area contributed by atoms with Gasteiger partial charge in [0.1, 0.15) is 0 Å². The standard InChI is InChI=1S/C15H24N4O/c1-2-15(20)18-8-4-3-5-12(9-18)10-19-11-14(16-17-19)13-6-7-13/h11-13H,2-10H2,1H3. The van der Waals surface area contributed by atoms with E-state index in [2.05, 4.69) is 16.5 Å². The third-order valence-electron chi connectivity index (χ3n) is 4.42. The predicted molar refractivity (Wildman–Crippen MR) is 76.2 cm³/mol. The van der Waals surface area contributed by atoms with Gasteiger partial charge in [-0.2, -0.15) is 0 Å². The summed E-state index contributed by atoms with van der Waals surface area (Å²) in [6, 6.07) is 0. The van der Waals surface area contributed by atoms with Crippen molar-refractivity contribution < 1.29 is 4.79 Å². The van der Waals surface area contributed by atoms with Crippen molar-refractivity contribution in [1.29, 1.82) is 0 Å². The Kier molecular flexibility index (Phi) is 4.03. The average molecular weight is 276 g/mol. The Morgan fingerprint density at radius 1 is 1.35 bits per heavy atom. The van der Waals surface area contributed by atoms with Gasteiger partial charge in [-0.15, -0.1) is 5.10 Å². The second-order valence-electron chi connectivity index (χ2n) is 6.19. The number of carbonyl (C=O) groups excluding carboxylic acids is 1. The van der Waals surface area contributed by atoms with Crippen LogP contribution in [-0.2, 0) is 11.3 Å². The highest BCUT2D eigenvalue weighted by molar-refractivity contribution is 5.75. The van der Waals surface area contributed by atoms with E-state index in [0.717, 1.165) is 31.7 Å². The van der Waals surface area contributed by atoms with Gasteiger partial charge in [0.05, 0.1) is 5.69 Å². The Morgan fingerprint density at radius 3 is 2.95 bits per heavy atom. The number of hydrogen-bond acceptors (Lipinski definition) is 3. The molecule has 0 bridgehead atoms. The number of rotatable bonds is 4. The van der Waals surface area contributed by atoms with E-state index in [0.29, 0.717) is 18.3 Å². The molecule has 2 aliphatic rings. The number of nitrogens with zero attached hydrogens (tertiary/aromatic N) is 4. The first-order chi connectivity index (χ1) is 9.76. The molecule has 1 amide bonds. The molecule has 1 aliphatic heterocycles. The molecule has 5 nitrogen and oxygen atoms in total. The van der Waals surface area contributed by atoms with Crippen LogP contribution < -0.4 is 0 Å². The first kappa shape index (κ1) is 13.6. The lowest BCUT2D eigenvalue weighted by molar-refractivity contribution is -0.131. The Bertz CT molecular complexity index is 466. The van der Waals surface area contributed by atoms with Gasteiger partial charge in [0.25, 0.3) is 0 Å². The largest absolute Gasteiger partial charge is 0.342 e. The van der Waals surface area contributed by atoms with Gasteiger partial charge in [-0.3, -0.25) is 9.48 Å². The van der Waals surface area contributed by atoms with E-state index >= 15 is 0 Å². The molecule has 20 heavy (non-hydrogen) atoms.